The smallest absolute Gasteiger partial charge is 0.147 e. The summed E-state index contributed by atoms with van der Waals surface area (Å²) < 4.78 is 6.71. The Kier molecular flexibility index (Phi) is 5.37. The highest BCUT2D eigenvalue weighted by Crippen LogP contribution is 2.42. The number of hydrogen-bond acceptors (Lipinski definition) is 7. The number of aromatic nitrogens is 3. The van der Waals surface area contributed by atoms with Gasteiger partial charge in [-0.15, -0.1) is 11.3 Å². The van der Waals surface area contributed by atoms with Crippen LogP contribution in [-0.4, -0.2) is 47.8 Å². The Morgan fingerprint density at radius 2 is 1.81 bits per heavy atom. The van der Waals surface area contributed by atoms with Crippen molar-refractivity contribution < 1.29 is 4.74 Å². The van der Waals surface area contributed by atoms with Crippen molar-refractivity contribution in [1.82, 2.24) is 15.0 Å². The van der Waals surface area contributed by atoms with Gasteiger partial charge in [0.15, 0.2) is 0 Å². The van der Waals surface area contributed by atoms with E-state index in [1.165, 1.54) is 40.7 Å². The molecule has 1 N–H and O–H groups in total. The Morgan fingerprint density at radius 1 is 1.00 bits per heavy atom. The maximum absolute atomic E-state index is 5.59. The van der Waals surface area contributed by atoms with Crippen LogP contribution in [0.4, 0.5) is 11.6 Å². The lowest BCUT2D eigenvalue weighted by atomic mass is 9.90. The summed E-state index contributed by atoms with van der Waals surface area (Å²) in [6, 6.07) is 10.6. The number of rotatable bonds is 5. The van der Waals surface area contributed by atoms with Crippen LogP contribution in [0.2, 0.25) is 0 Å². The second-order valence-corrected chi connectivity index (χ2v) is 9.54. The van der Waals surface area contributed by atoms with Gasteiger partial charge in [0.2, 0.25) is 0 Å². The SMILES string of the molecule is c1ccc(CCNc2ncnc3c2sc2nc(N4CCOCC4)c4c(c23)CCCC4)cc1. The Labute approximate surface area is 191 Å². The fourth-order valence-corrected chi connectivity index (χ4v) is 6.09. The number of ether oxygens (including phenoxy) is 1. The minimum Gasteiger partial charge on any atom is -0.378 e. The van der Waals surface area contributed by atoms with Crippen LogP contribution < -0.4 is 10.2 Å². The zero-order chi connectivity index (χ0) is 21.3. The van der Waals surface area contributed by atoms with Crippen molar-refractivity contribution in [2.24, 2.45) is 0 Å². The molecule has 0 saturated carbocycles. The Morgan fingerprint density at radius 3 is 2.66 bits per heavy atom. The number of morpholine rings is 1. The van der Waals surface area contributed by atoms with Gasteiger partial charge in [-0.1, -0.05) is 30.3 Å². The van der Waals surface area contributed by atoms with Crippen LogP contribution in [0.15, 0.2) is 36.7 Å². The van der Waals surface area contributed by atoms with Crippen LogP contribution >= 0.6 is 11.3 Å². The van der Waals surface area contributed by atoms with Crippen LogP contribution in [0.3, 0.4) is 0 Å². The molecule has 0 spiro atoms. The number of benzene rings is 1. The number of aryl methyl sites for hydroxylation is 1. The fraction of sp³-hybridized carbons (Fsp3) is 0.400. The lowest BCUT2D eigenvalue weighted by Crippen LogP contribution is -2.37. The first-order valence-electron chi connectivity index (χ1n) is 11.6. The molecule has 6 nitrogen and oxygen atoms in total. The van der Waals surface area contributed by atoms with Gasteiger partial charge in [-0.05, 0) is 48.8 Å². The monoisotopic (exact) mass is 445 g/mol. The van der Waals surface area contributed by atoms with E-state index in [-0.39, 0.29) is 0 Å². The van der Waals surface area contributed by atoms with Crippen LogP contribution in [0.1, 0.15) is 29.5 Å². The summed E-state index contributed by atoms with van der Waals surface area (Å²) in [5.41, 5.74) is 5.28. The molecule has 0 radical (unpaired) electrons. The number of nitrogens with one attached hydrogen (secondary N) is 1. The number of thiophene rings is 1. The van der Waals surface area contributed by atoms with Gasteiger partial charge in [-0.3, -0.25) is 0 Å². The normalized spacial score (nSPS) is 16.4. The average Bonchev–Trinajstić information content (AvgIpc) is 3.24. The topological polar surface area (TPSA) is 63.2 Å². The first kappa shape index (κ1) is 19.9. The van der Waals surface area contributed by atoms with Crippen molar-refractivity contribution in [1.29, 1.82) is 0 Å². The van der Waals surface area contributed by atoms with Gasteiger partial charge < -0.3 is 15.0 Å². The van der Waals surface area contributed by atoms with E-state index in [9.17, 15) is 0 Å². The number of nitrogens with zero attached hydrogens (tertiary/aromatic N) is 4. The van der Waals surface area contributed by atoms with Gasteiger partial charge in [0.1, 0.15) is 22.8 Å². The molecule has 2 aliphatic rings. The van der Waals surface area contributed by atoms with Crippen molar-refractivity contribution in [2.75, 3.05) is 43.1 Å². The zero-order valence-corrected chi connectivity index (χ0v) is 19.0. The highest BCUT2D eigenvalue weighted by Gasteiger charge is 2.26. The highest BCUT2D eigenvalue weighted by atomic mass is 32.1. The molecule has 0 bridgehead atoms. The van der Waals surface area contributed by atoms with E-state index >= 15 is 0 Å². The molecule has 32 heavy (non-hydrogen) atoms. The van der Waals surface area contributed by atoms with Gasteiger partial charge in [-0.2, -0.15) is 0 Å². The summed E-state index contributed by atoms with van der Waals surface area (Å²) in [5, 5.41) is 4.81. The molecule has 1 aliphatic heterocycles. The second kappa shape index (κ2) is 8.64. The molecule has 7 heteroatoms. The van der Waals surface area contributed by atoms with Crippen molar-refractivity contribution in [3.8, 4) is 0 Å². The summed E-state index contributed by atoms with van der Waals surface area (Å²) in [7, 11) is 0. The summed E-state index contributed by atoms with van der Waals surface area (Å²) in [6.07, 6.45) is 7.35. The lowest BCUT2D eigenvalue weighted by molar-refractivity contribution is 0.122. The number of hydrogen-bond donors (Lipinski definition) is 1. The van der Waals surface area contributed by atoms with E-state index in [0.29, 0.717) is 0 Å². The third-order valence-corrected chi connectivity index (χ3v) is 7.64. The molecular weight excluding hydrogens is 418 g/mol. The van der Waals surface area contributed by atoms with E-state index in [1.807, 2.05) is 0 Å². The standard InChI is InChI=1S/C25H27N5OS/c1-2-6-17(7-3-1)10-11-26-23-22-21(27-16-28-23)20-18-8-4-5-9-19(18)24(29-25(20)32-22)30-12-14-31-15-13-30/h1-3,6-7,16H,4-5,8-15H2,(H,26,27,28). The minimum absolute atomic E-state index is 0.780. The molecule has 0 unspecified atom stereocenters. The van der Waals surface area contributed by atoms with Gasteiger partial charge in [0.25, 0.3) is 0 Å². The van der Waals surface area contributed by atoms with E-state index in [0.717, 1.165) is 73.0 Å². The molecule has 6 rings (SSSR count). The number of pyridine rings is 1. The van der Waals surface area contributed by atoms with Crippen molar-refractivity contribution in [3.63, 3.8) is 0 Å². The third kappa shape index (κ3) is 3.59. The van der Waals surface area contributed by atoms with Crippen LogP contribution in [0.5, 0.6) is 0 Å². The number of anilines is 2. The molecule has 1 saturated heterocycles. The van der Waals surface area contributed by atoms with Crippen LogP contribution in [0, 0.1) is 0 Å². The molecule has 1 aromatic carbocycles. The summed E-state index contributed by atoms with van der Waals surface area (Å²) in [5.74, 6) is 2.10. The minimum atomic E-state index is 0.780. The van der Waals surface area contributed by atoms with E-state index in [1.54, 1.807) is 17.7 Å². The molecule has 0 atom stereocenters. The second-order valence-electron chi connectivity index (χ2n) is 8.54. The quantitative estimate of drug-likeness (QED) is 0.484. The van der Waals surface area contributed by atoms with E-state index in [4.69, 9.17) is 14.7 Å². The van der Waals surface area contributed by atoms with Crippen molar-refractivity contribution in [3.05, 3.63) is 53.3 Å². The maximum Gasteiger partial charge on any atom is 0.147 e. The highest BCUT2D eigenvalue weighted by molar-refractivity contribution is 7.26. The first-order valence-corrected chi connectivity index (χ1v) is 12.4. The largest absolute Gasteiger partial charge is 0.378 e. The average molecular weight is 446 g/mol. The Balaban J connectivity index is 1.40. The fourth-order valence-electron chi connectivity index (χ4n) is 4.97. The van der Waals surface area contributed by atoms with Gasteiger partial charge in [0.05, 0.1) is 23.4 Å². The summed E-state index contributed by atoms with van der Waals surface area (Å²) in [4.78, 5) is 18.0. The van der Waals surface area contributed by atoms with Gasteiger partial charge in [0, 0.05) is 25.0 Å². The van der Waals surface area contributed by atoms with Crippen LogP contribution in [-0.2, 0) is 24.0 Å². The third-order valence-electron chi connectivity index (χ3n) is 6.56. The first-order chi connectivity index (χ1) is 15.9. The van der Waals surface area contributed by atoms with Gasteiger partial charge in [-0.25, -0.2) is 15.0 Å². The van der Waals surface area contributed by atoms with E-state index in [2.05, 4.69) is 45.5 Å². The maximum atomic E-state index is 5.59. The Hall–Kier alpha value is -2.77. The Bertz CT molecular complexity index is 1250. The van der Waals surface area contributed by atoms with Gasteiger partial charge >= 0.3 is 0 Å². The molecule has 4 aromatic rings. The van der Waals surface area contributed by atoms with Crippen molar-refractivity contribution in [2.45, 2.75) is 32.1 Å². The molecule has 4 heterocycles. The van der Waals surface area contributed by atoms with Crippen LogP contribution in [0.25, 0.3) is 20.4 Å². The van der Waals surface area contributed by atoms with Crippen molar-refractivity contribution >= 4 is 43.4 Å². The van der Waals surface area contributed by atoms with E-state index < -0.39 is 0 Å². The predicted molar refractivity (Wildman–Crippen MR) is 131 cm³/mol. The number of fused-ring (bicyclic) bond motifs is 5. The molecule has 0 amide bonds. The molecule has 1 aliphatic carbocycles. The molecule has 164 valence electrons. The molecule has 1 fully saturated rings. The molecular formula is C25H27N5OS. The summed E-state index contributed by atoms with van der Waals surface area (Å²) >= 11 is 1.73. The summed E-state index contributed by atoms with van der Waals surface area (Å²) in [6.45, 7) is 4.24. The zero-order valence-electron chi connectivity index (χ0n) is 18.1. The predicted octanol–water partition coefficient (Wildman–Crippen LogP) is 4.61. The molecule has 3 aromatic heterocycles. The lowest BCUT2D eigenvalue weighted by Gasteiger charge is -2.31.